The van der Waals surface area contributed by atoms with Crippen molar-refractivity contribution in [3.05, 3.63) is 53.1 Å². The van der Waals surface area contributed by atoms with Gasteiger partial charge in [0.1, 0.15) is 0 Å². The van der Waals surface area contributed by atoms with Crippen molar-refractivity contribution >= 4 is 35.3 Å². The number of nitrogens with one attached hydrogen (secondary N) is 2. The third kappa shape index (κ3) is 4.73. The van der Waals surface area contributed by atoms with Crippen LogP contribution in [0, 0.1) is 0 Å². The monoisotopic (exact) mass is 373 g/mol. The smallest absolute Gasteiger partial charge is 0.240 e. The molecule has 1 heterocycles. The SMILES string of the molecule is O=C(CCC(=O)Nc1ccccc1Cl)N/N=C/c1ccc2c(c1)OCO2. The van der Waals surface area contributed by atoms with Gasteiger partial charge < -0.3 is 14.8 Å². The molecule has 0 saturated carbocycles. The number of rotatable bonds is 6. The fraction of sp³-hybridized carbons (Fsp3) is 0.167. The van der Waals surface area contributed by atoms with Crippen LogP contribution in [-0.2, 0) is 9.59 Å². The summed E-state index contributed by atoms with van der Waals surface area (Å²) in [6.07, 6.45) is 1.52. The van der Waals surface area contributed by atoms with Crippen molar-refractivity contribution in [3.63, 3.8) is 0 Å². The van der Waals surface area contributed by atoms with Gasteiger partial charge in [-0.05, 0) is 35.9 Å². The predicted octanol–water partition coefficient (Wildman–Crippen LogP) is 2.94. The highest BCUT2D eigenvalue weighted by Crippen LogP contribution is 2.31. The molecule has 0 spiro atoms. The number of carbonyl (C=O) groups is 2. The Balaban J connectivity index is 1.42. The van der Waals surface area contributed by atoms with E-state index in [0.717, 1.165) is 5.56 Å². The average Bonchev–Trinajstić information content (AvgIpc) is 3.10. The summed E-state index contributed by atoms with van der Waals surface area (Å²) >= 11 is 5.96. The van der Waals surface area contributed by atoms with E-state index >= 15 is 0 Å². The van der Waals surface area contributed by atoms with Gasteiger partial charge in [0.05, 0.1) is 16.9 Å². The standard InChI is InChI=1S/C18H16ClN3O4/c19-13-3-1-2-4-14(13)21-17(23)7-8-18(24)22-20-10-12-5-6-15-16(9-12)26-11-25-15/h1-6,9-10H,7-8,11H2,(H,21,23)(H,22,24)/b20-10+. The molecule has 2 aromatic rings. The highest BCUT2D eigenvalue weighted by molar-refractivity contribution is 6.33. The van der Waals surface area contributed by atoms with Gasteiger partial charge in [-0.3, -0.25) is 9.59 Å². The number of hydrazone groups is 1. The van der Waals surface area contributed by atoms with Crippen molar-refractivity contribution in [2.75, 3.05) is 12.1 Å². The summed E-state index contributed by atoms with van der Waals surface area (Å²) in [5.41, 5.74) is 3.65. The number of hydrogen-bond donors (Lipinski definition) is 2. The lowest BCUT2D eigenvalue weighted by Crippen LogP contribution is -2.20. The highest BCUT2D eigenvalue weighted by atomic mass is 35.5. The summed E-state index contributed by atoms with van der Waals surface area (Å²) in [6, 6.07) is 12.2. The Labute approximate surface area is 154 Å². The molecule has 7 nitrogen and oxygen atoms in total. The molecule has 8 heteroatoms. The van der Waals surface area contributed by atoms with Crippen LogP contribution < -0.4 is 20.2 Å². The second-order valence-electron chi connectivity index (χ2n) is 5.43. The van der Waals surface area contributed by atoms with E-state index in [1.165, 1.54) is 6.21 Å². The lowest BCUT2D eigenvalue weighted by atomic mass is 10.2. The molecule has 0 atom stereocenters. The van der Waals surface area contributed by atoms with E-state index < -0.39 is 0 Å². The zero-order chi connectivity index (χ0) is 18.4. The molecule has 0 unspecified atom stereocenters. The van der Waals surface area contributed by atoms with Crippen molar-refractivity contribution in [2.24, 2.45) is 5.10 Å². The third-order valence-corrected chi connectivity index (χ3v) is 3.86. The van der Waals surface area contributed by atoms with Gasteiger partial charge in [0.15, 0.2) is 11.5 Å². The van der Waals surface area contributed by atoms with Crippen molar-refractivity contribution in [1.82, 2.24) is 5.43 Å². The molecule has 1 aliphatic rings. The molecule has 0 aliphatic carbocycles. The maximum Gasteiger partial charge on any atom is 0.240 e. The first-order valence-electron chi connectivity index (χ1n) is 7.88. The van der Waals surface area contributed by atoms with Crippen LogP contribution in [0.15, 0.2) is 47.6 Å². The maximum atomic E-state index is 11.9. The molecule has 0 fully saturated rings. The number of anilines is 1. The number of benzene rings is 2. The van der Waals surface area contributed by atoms with Gasteiger partial charge in [-0.15, -0.1) is 0 Å². The molecular formula is C18H16ClN3O4. The van der Waals surface area contributed by atoms with Gasteiger partial charge in [0, 0.05) is 12.8 Å². The molecular weight excluding hydrogens is 358 g/mol. The van der Waals surface area contributed by atoms with E-state index in [1.807, 2.05) is 0 Å². The van der Waals surface area contributed by atoms with Gasteiger partial charge in [-0.1, -0.05) is 23.7 Å². The topological polar surface area (TPSA) is 89.0 Å². The van der Waals surface area contributed by atoms with Crippen LogP contribution in [0.25, 0.3) is 0 Å². The van der Waals surface area contributed by atoms with Crippen molar-refractivity contribution < 1.29 is 19.1 Å². The summed E-state index contributed by atoms with van der Waals surface area (Å²) in [5.74, 6) is 0.650. The van der Waals surface area contributed by atoms with Gasteiger partial charge in [-0.2, -0.15) is 5.10 Å². The number of amides is 2. The number of fused-ring (bicyclic) bond motifs is 1. The normalized spacial score (nSPS) is 12.2. The van der Waals surface area contributed by atoms with Gasteiger partial charge in [-0.25, -0.2) is 5.43 Å². The molecule has 0 radical (unpaired) electrons. The summed E-state index contributed by atoms with van der Waals surface area (Å²) in [5, 5.41) is 6.97. The van der Waals surface area contributed by atoms with Crippen LogP contribution in [0.4, 0.5) is 5.69 Å². The van der Waals surface area contributed by atoms with Crippen LogP contribution in [-0.4, -0.2) is 24.8 Å². The molecule has 0 bridgehead atoms. The van der Waals surface area contributed by atoms with E-state index in [4.69, 9.17) is 21.1 Å². The van der Waals surface area contributed by atoms with Crippen LogP contribution in [0.3, 0.4) is 0 Å². The minimum atomic E-state index is -0.365. The van der Waals surface area contributed by atoms with Crippen molar-refractivity contribution in [2.45, 2.75) is 12.8 Å². The molecule has 0 aromatic heterocycles. The lowest BCUT2D eigenvalue weighted by molar-refractivity contribution is -0.124. The Bertz CT molecular complexity index is 854. The third-order valence-electron chi connectivity index (χ3n) is 3.53. The van der Waals surface area contributed by atoms with Gasteiger partial charge in [0.25, 0.3) is 0 Å². The Morgan fingerprint density at radius 2 is 1.85 bits per heavy atom. The summed E-state index contributed by atoms with van der Waals surface area (Å²) < 4.78 is 10.5. The first-order chi connectivity index (χ1) is 12.6. The summed E-state index contributed by atoms with van der Waals surface area (Å²) in [7, 11) is 0. The van der Waals surface area contributed by atoms with Crippen LogP contribution in [0.2, 0.25) is 5.02 Å². The van der Waals surface area contributed by atoms with Crippen LogP contribution in [0.5, 0.6) is 11.5 Å². The fourth-order valence-corrected chi connectivity index (χ4v) is 2.41. The second kappa shape index (κ2) is 8.35. The number of halogens is 1. The highest BCUT2D eigenvalue weighted by Gasteiger charge is 2.12. The minimum absolute atomic E-state index is 0.00870. The van der Waals surface area contributed by atoms with Crippen LogP contribution in [0.1, 0.15) is 18.4 Å². The Hall–Kier alpha value is -3.06. The molecule has 2 N–H and O–H groups in total. The molecule has 3 rings (SSSR count). The molecule has 134 valence electrons. The lowest BCUT2D eigenvalue weighted by Gasteiger charge is -2.06. The minimum Gasteiger partial charge on any atom is -0.454 e. The molecule has 1 aliphatic heterocycles. The largest absolute Gasteiger partial charge is 0.454 e. The van der Waals surface area contributed by atoms with Gasteiger partial charge >= 0.3 is 0 Å². The van der Waals surface area contributed by atoms with E-state index in [9.17, 15) is 9.59 Å². The second-order valence-corrected chi connectivity index (χ2v) is 5.84. The van der Waals surface area contributed by atoms with E-state index in [2.05, 4.69) is 15.8 Å². The number of carbonyl (C=O) groups excluding carboxylic acids is 2. The quantitative estimate of drug-likeness (QED) is 0.601. The fourth-order valence-electron chi connectivity index (χ4n) is 2.23. The molecule has 0 saturated heterocycles. The van der Waals surface area contributed by atoms with Crippen molar-refractivity contribution in [3.8, 4) is 11.5 Å². The Morgan fingerprint density at radius 1 is 1.08 bits per heavy atom. The molecule has 26 heavy (non-hydrogen) atoms. The number of ether oxygens (including phenoxy) is 2. The molecule has 2 aromatic carbocycles. The Kier molecular flexibility index (Phi) is 5.70. The first-order valence-corrected chi connectivity index (χ1v) is 8.25. The zero-order valence-electron chi connectivity index (χ0n) is 13.7. The average molecular weight is 374 g/mol. The number of hydrogen-bond acceptors (Lipinski definition) is 5. The van der Waals surface area contributed by atoms with E-state index in [0.29, 0.717) is 22.2 Å². The number of para-hydroxylation sites is 1. The zero-order valence-corrected chi connectivity index (χ0v) is 14.5. The van der Waals surface area contributed by atoms with Crippen LogP contribution >= 0.6 is 11.6 Å². The number of nitrogens with zero attached hydrogens (tertiary/aromatic N) is 1. The van der Waals surface area contributed by atoms with E-state index in [-0.39, 0.29) is 31.4 Å². The summed E-state index contributed by atoms with van der Waals surface area (Å²) in [4.78, 5) is 23.6. The maximum absolute atomic E-state index is 11.9. The first kappa shape index (κ1) is 17.8. The Morgan fingerprint density at radius 3 is 2.69 bits per heavy atom. The van der Waals surface area contributed by atoms with Gasteiger partial charge in [0.2, 0.25) is 18.6 Å². The van der Waals surface area contributed by atoms with E-state index in [1.54, 1.807) is 42.5 Å². The van der Waals surface area contributed by atoms with Crippen molar-refractivity contribution in [1.29, 1.82) is 0 Å². The predicted molar refractivity (Wildman–Crippen MR) is 97.6 cm³/mol. The molecule has 2 amide bonds. The summed E-state index contributed by atoms with van der Waals surface area (Å²) in [6.45, 7) is 0.197.